The predicted octanol–water partition coefficient (Wildman–Crippen LogP) is 2.57. The fraction of sp³-hybridized carbons (Fsp3) is 0.400. The van der Waals surface area contributed by atoms with E-state index in [4.69, 9.17) is 10.5 Å². The molecule has 90 valence electrons. The van der Waals surface area contributed by atoms with Gasteiger partial charge < -0.3 is 10.5 Å². The van der Waals surface area contributed by atoms with Crippen LogP contribution in [-0.4, -0.2) is 12.6 Å². The van der Waals surface area contributed by atoms with Crippen LogP contribution in [0.25, 0.3) is 0 Å². The second kappa shape index (κ2) is 4.69. The lowest BCUT2D eigenvalue weighted by Crippen LogP contribution is -2.23. The van der Waals surface area contributed by atoms with Crippen molar-refractivity contribution in [2.75, 3.05) is 6.54 Å². The molecule has 0 aliphatic rings. The Kier molecular flexibility index (Phi) is 3.74. The Hall–Kier alpha value is -1.30. The number of nitrogens with two attached hydrogens (primary N) is 1. The van der Waals surface area contributed by atoms with E-state index in [-0.39, 0.29) is 12.3 Å². The van der Waals surface area contributed by atoms with Crippen molar-refractivity contribution in [2.24, 2.45) is 5.73 Å². The molecule has 2 N–H and O–H groups in total. The first kappa shape index (κ1) is 12.8. The molecule has 0 aliphatic carbocycles. The molecule has 0 radical (unpaired) electrons. The van der Waals surface area contributed by atoms with Gasteiger partial charge in [0.05, 0.1) is 5.56 Å². The summed E-state index contributed by atoms with van der Waals surface area (Å²) >= 11 is 0. The molecule has 6 heteroatoms. The van der Waals surface area contributed by atoms with Crippen LogP contribution in [0.1, 0.15) is 12.5 Å². The Labute approximate surface area is 90.0 Å². The van der Waals surface area contributed by atoms with Crippen molar-refractivity contribution in [3.63, 3.8) is 0 Å². The molecule has 0 aromatic heterocycles. The number of hydrogen-bond acceptors (Lipinski definition) is 2. The summed E-state index contributed by atoms with van der Waals surface area (Å²) in [5, 5.41) is 0. The van der Waals surface area contributed by atoms with Crippen LogP contribution in [0.5, 0.6) is 5.75 Å². The lowest BCUT2D eigenvalue weighted by molar-refractivity contribution is -0.140. The summed E-state index contributed by atoms with van der Waals surface area (Å²) in [5.41, 5.74) is 3.91. The summed E-state index contributed by atoms with van der Waals surface area (Å²) in [6.07, 6.45) is -5.15. The van der Waals surface area contributed by atoms with Gasteiger partial charge in [0, 0.05) is 6.54 Å². The maximum absolute atomic E-state index is 12.9. The lowest BCUT2D eigenvalue weighted by atomic mass is 10.2. The molecule has 0 fully saturated rings. The van der Waals surface area contributed by atoms with Crippen molar-refractivity contribution in [1.29, 1.82) is 0 Å². The Morgan fingerprint density at radius 3 is 2.50 bits per heavy atom. The molecule has 0 bridgehead atoms. The number of halogens is 4. The van der Waals surface area contributed by atoms with Crippen molar-refractivity contribution < 1.29 is 22.3 Å². The van der Waals surface area contributed by atoms with Gasteiger partial charge in [0.1, 0.15) is 17.7 Å². The van der Waals surface area contributed by atoms with Crippen LogP contribution in [0.4, 0.5) is 17.6 Å². The molecule has 0 heterocycles. The maximum atomic E-state index is 12.9. The monoisotopic (exact) mass is 237 g/mol. The third kappa shape index (κ3) is 3.10. The molecule has 1 aromatic carbocycles. The molecule has 0 saturated carbocycles. The highest BCUT2D eigenvalue weighted by atomic mass is 19.4. The largest absolute Gasteiger partial charge is 0.489 e. The fourth-order valence-corrected chi connectivity index (χ4v) is 1.08. The number of hydrogen-bond donors (Lipinski definition) is 1. The van der Waals surface area contributed by atoms with Gasteiger partial charge in [-0.25, -0.2) is 4.39 Å². The minimum atomic E-state index is -4.73. The predicted molar refractivity (Wildman–Crippen MR) is 50.5 cm³/mol. The molecule has 1 rings (SSSR count). The zero-order chi connectivity index (χ0) is 12.3. The molecule has 0 amide bonds. The lowest BCUT2D eigenvalue weighted by Gasteiger charge is -2.14. The number of ether oxygens (including phenoxy) is 1. The van der Waals surface area contributed by atoms with Gasteiger partial charge in [-0.3, -0.25) is 0 Å². The molecule has 0 aliphatic heterocycles. The third-order valence-corrected chi connectivity index (χ3v) is 1.91. The molecular weight excluding hydrogens is 226 g/mol. The minimum Gasteiger partial charge on any atom is -0.489 e. The van der Waals surface area contributed by atoms with E-state index in [2.05, 4.69) is 0 Å². The molecule has 1 atom stereocenters. The van der Waals surface area contributed by atoms with Gasteiger partial charge in [-0.2, -0.15) is 13.2 Å². The number of benzene rings is 1. The van der Waals surface area contributed by atoms with Crippen LogP contribution in [0.15, 0.2) is 18.2 Å². The van der Waals surface area contributed by atoms with Gasteiger partial charge in [0.25, 0.3) is 0 Å². The van der Waals surface area contributed by atoms with E-state index in [0.29, 0.717) is 6.07 Å². The van der Waals surface area contributed by atoms with Gasteiger partial charge in [0.2, 0.25) is 0 Å². The summed E-state index contributed by atoms with van der Waals surface area (Å²) in [6, 6.07) is 2.49. The smallest absolute Gasteiger partial charge is 0.419 e. The van der Waals surface area contributed by atoms with E-state index >= 15 is 0 Å². The minimum absolute atomic E-state index is 0.0494. The Bertz CT molecular complexity index is 364. The Balaban J connectivity index is 2.99. The van der Waals surface area contributed by atoms with Crippen LogP contribution in [0.2, 0.25) is 0 Å². The van der Waals surface area contributed by atoms with E-state index in [1.165, 1.54) is 0 Å². The van der Waals surface area contributed by atoms with Gasteiger partial charge >= 0.3 is 6.18 Å². The molecule has 1 unspecified atom stereocenters. The van der Waals surface area contributed by atoms with E-state index < -0.39 is 23.7 Å². The summed E-state index contributed by atoms with van der Waals surface area (Å²) in [4.78, 5) is 0. The second-order valence-electron chi connectivity index (χ2n) is 3.30. The summed E-state index contributed by atoms with van der Waals surface area (Å²) in [6.45, 7) is 1.77. The van der Waals surface area contributed by atoms with Crippen LogP contribution < -0.4 is 10.5 Å². The van der Waals surface area contributed by atoms with Gasteiger partial charge in [-0.1, -0.05) is 0 Å². The number of rotatable bonds is 3. The van der Waals surface area contributed by atoms with Gasteiger partial charge in [-0.05, 0) is 25.1 Å². The van der Waals surface area contributed by atoms with Crippen LogP contribution in [0.3, 0.4) is 0 Å². The topological polar surface area (TPSA) is 35.2 Å². The first-order chi connectivity index (χ1) is 7.34. The van der Waals surface area contributed by atoms with Crippen molar-refractivity contribution in [3.8, 4) is 5.75 Å². The Morgan fingerprint density at radius 2 is 2.00 bits per heavy atom. The van der Waals surface area contributed by atoms with Crippen molar-refractivity contribution in [1.82, 2.24) is 0 Å². The van der Waals surface area contributed by atoms with Crippen LogP contribution in [0, 0.1) is 5.82 Å². The van der Waals surface area contributed by atoms with E-state index in [0.717, 1.165) is 12.1 Å². The first-order valence-corrected chi connectivity index (χ1v) is 4.58. The van der Waals surface area contributed by atoms with Crippen LogP contribution >= 0.6 is 0 Å². The zero-order valence-electron chi connectivity index (χ0n) is 8.51. The zero-order valence-corrected chi connectivity index (χ0v) is 8.51. The average Bonchev–Trinajstić information content (AvgIpc) is 2.19. The average molecular weight is 237 g/mol. The molecule has 1 aromatic rings. The molecule has 16 heavy (non-hydrogen) atoms. The van der Waals surface area contributed by atoms with Gasteiger partial charge in [0.15, 0.2) is 0 Å². The van der Waals surface area contributed by atoms with E-state index in [9.17, 15) is 17.6 Å². The van der Waals surface area contributed by atoms with Crippen molar-refractivity contribution >= 4 is 0 Å². The Morgan fingerprint density at radius 1 is 1.38 bits per heavy atom. The molecule has 0 saturated heterocycles. The first-order valence-electron chi connectivity index (χ1n) is 4.58. The second-order valence-corrected chi connectivity index (χ2v) is 3.30. The highest BCUT2D eigenvalue weighted by molar-refractivity contribution is 5.31. The maximum Gasteiger partial charge on any atom is 0.419 e. The normalized spacial score (nSPS) is 13.6. The van der Waals surface area contributed by atoms with Crippen molar-refractivity contribution in [2.45, 2.75) is 19.2 Å². The third-order valence-electron chi connectivity index (χ3n) is 1.91. The summed E-state index contributed by atoms with van der Waals surface area (Å²) in [7, 11) is 0. The fourth-order valence-electron chi connectivity index (χ4n) is 1.08. The summed E-state index contributed by atoms with van der Waals surface area (Å²) < 4.78 is 54.9. The quantitative estimate of drug-likeness (QED) is 0.820. The molecule has 0 spiro atoms. The standard InChI is InChI=1S/C10H11F4NO/c1-6(5-15)16-7-2-3-9(11)8(4-7)10(12,13)14/h2-4,6H,5,15H2,1H3. The number of alkyl halides is 3. The molecular formula is C10H11F4NO. The summed E-state index contributed by atoms with van der Waals surface area (Å²) in [5.74, 6) is -1.37. The van der Waals surface area contributed by atoms with Gasteiger partial charge in [-0.15, -0.1) is 0 Å². The van der Waals surface area contributed by atoms with Crippen LogP contribution in [-0.2, 0) is 6.18 Å². The van der Waals surface area contributed by atoms with E-state index in [1.54, 1.807) is 6.92 Å². The van der Waals surface area contributed by atoms with Crippen molar-refractivity contribution in [3.05, 3.63) is 29.6 Å². The SMILES string of the molecule is CC(CN)Oc1ccc(F)c(C(F)(F)F)c1. The molecule has 2 nitrogen and oxygen atoms in total. The highest BCUT2D eigenvalue weighted by Crippen LogP contribution is 2.33. The van der Waals surface area contributed by atoms with E-state index in [1.807, 2.05) is 0 Å². The highest BCUT2D eigenvalue weighted by Gasteiger charge is 2.34.